The van der Waals surface area contributed by atoms with Crippen molar-refractivity contribution >= 4 is 11.3 Å². The lowest BCUT2D eigenvalue weighted by molar-refractivity contribution is 1.10. The van der Waals surface area contributed by atoms with E-state index in [0.29, 0.717) is 0 Å². The van der Waals surface area contributed by atoms with Gasteiger partial charge in [-0.2, -0.15) is 5.10 Å². The van der Waals surface area contributed by atoms with Crippen molar-refractivity contribution in [2.45, 2.75) is 0 Å². The minimum Gasteiger partial charge on any atom is -0.277 e. The van der Waals surface area contributed by atoms with Gasteiger partial charge >= 0.3 is 0 Å². The molecule has 0 aliphatic carbocycles. The van der Waals surface area contributed by atoms with Gasteiger partial charge in [0.2, 0.25) is 0 Å². The topological polar surface area (TPSA) is 28.7 Å². The van der Waals surface area contributed by atoms with Gasteiger partial charge in [0.1, 0.15) is 0 Å². The lowest BCUT2D eigenvalue weighted by Crippen LogP contribution is -1.69. The minimum atomic E-state index is 1.04. The Hall–Kier alpha value is -1.09. The molecule has 0 saturated carbocycles. The average Bonchev–Trinajstić information content (AvgIpc) is 2.59. The van der Waals surface area contributed by atoms with Crippen molar-refractivity contribution in [3.8, 4) is 10.6 Å². The summed E-state index contributed by atoms with van der Waals surface area (Å²) in [4.78, 5) is 1.11. The monoisotopic (exact) mass is 149 g/mol. The largest absolute Gasteiger partial charge is 0.277 e. The van der Waals surface area contributed by atoms with Crippen molar-refractivity contribution in [1.82, 2.24) is 10.2 Å². The van der Waals surface area contributed by atoms with Gasteiger partial charge in [0, 0.05) is 12.3 Å². The molecule has 0 aromatic carbocycles. The Labute approximate surface area is 62.5 Å². The molecule has 0 amide bonds. The zero-order valence-corrected chi connectivity index (χ0v) is 5.98. The van der Waals surface area contributed by atoms with Crippen LogP contribution in [-0.4, -0.2) is 10.2 Å². The van der Waals surface area contributed by atoms with Gasteiger partial charge in [0.05, 0.1) is 10.6 Å². The molecule has 3 heteroatoms. The quantitative estimate of drug-likeness (QED) is 0.659. The van der Waals surface area contributed by atoms with Crippen LogP contribution in [0.5, 0.6) is 0 Å². The first-order chi connectivity index (χ1) is 4.97. The van der Waals surface area contributed by atoms with Crippen LogP contribution in [0, 0.1) is 6.07 Å². The second-order valence-electron chi connectivity index (χ2n) is 1.86. The van der Waals surface area contributed by atoms with Crippen molar-refractivity contribution in [3.05, 3.63) is 29.8 Å². The summed E-state index contributed by atoms with van der Waals surface area (Å²) in [5, 5.41) is 8.70. The summed E-state index contributed by atoms with van der Waals surface area (Å²) in [5.74, 6) is 0. The molecular formula is C7H5N2S. The van der Waals surface area contributed by atoms with Crippen molar-refractivity contribution in [2.75, 3.05) is 0 Å². The molecule has 1 radical (unpaired) electrons. The van der Waals surface area contributed by atoms with E-state index in [1.54, 1.807) is 17.5 Å². The van der Waals surface area contributed by atoms with Gasteiger partial charge in [-0.25, -0.2) is 0 Å². The smallest absolute Gasteiger partial charge is 0.0756 e. The number of H-pyrrole nitrogens is 1. The molecule has 1 N–H and O–H groups in total. The van der Waals surface area contributed by atoms with Crippen LogP contribution in [0.25, 0.3) is 10.6 Å². The first kappa shape index (κ1) is 5.68. The van der Waals surface area contributed by atoms with Gasteiger partial charge in [-0.15, -0.1) is 11.3 Å². The fourth-order valence-corrected chi connectivity index (χ4v) is 1.42. The molecule has 0 aliphatic rings. The fraction of sp³-hybridized carbons (Fsp3) is 0. The third-order valence-electron chi connectivity index (χ3n) is 1.21. The molecule has 2 nitrogen and oxygen atoms in total. The lowest BCUT2D eigenvalue weighted by atomic mass is 10.4. The van der Waals surface area contributed by atoms with Crippen molar-refractivity contribution in [1.29, 1.82) is 0 Å². The Bertz CT molecular complexity index is 251. The Morgan fingerprint density at radius 1 is 1.60 bits per heavy atom. The summed E-state index contributed by atoms with van der Waals surface area (Å²) in [7, 11) is 0. The van der Waals surface area contributed by atoms with Crippen LogP contribution in [0.1, 0.15) is 0 Å². The van der Waals surface area contributed by atoms with Crippen LogP contribution in [-0.2, 0) is 0 Å². The molecule has 2 aromatic heterocycles. The molecule has 0 aliphatic heterocycles. The highest BCUT2D eigenvalue weighted by molar-refractivity contribution is 7.13. The number of hydrogen-bond donors (Lipinski definition) is 1. The Balaban J connectivity index is 2.48. The van der Waals surface area contributed by atoms with Crippen molar-refractivity contribution < 1.29 is 0 Å². The molecule has 0 atom stereocenters. The average molecular weight is 149 g/mol. The molecule has 0 bridgehead atoms. The van der Waals surface area contributed by atoms with Gasteiger partial charge in [-0.1, -0.05) is 0 Å². The van der Waals surface area contributed by atoms with E-state index in [1.165, 1.54) is 0 Å². The maximum Gasteiger partial charge on any atom is 0.0756 e. The molecule has 0 saturated heterocycles. The molecule has 0 unspecified atom stereocenters. The third kappa shape index (κ3) is 0.844. The highest BCUT2D eigenvalue weighted by Crippen LogP contribution is 2.20. The minimum absolute atomic E-state index is 1.04. The van der Waals surface area contributed by atoms with Crippen molar-refractivity contribution in [2.24, 2.45) is 0 Å². The highest BCUT2D eigenvalue weighted by atomic mass is 32.1. The van der Waals surface area contributed by atoms with Gasteiger partial charge in [-0.3, -0.25) is 5.10 Å². The van der Waals surface area contributed by atoms with E-state index in [2.05, 4.69) is 16.3 Å². The Morgan fingerprint density at radius 2 is 2.60 bits per heavy atom. The predicted octanol–water partition coefficient (Wildman–Crippen LogP) is 1.94. The fourth-order valence-electron chi connectivity index (χ4n) is 0.769. The SMILES string of the molecule is [c]1ccsc1-c1ccn[nH]1. The third-order valence-corrected chi connectivity index (χ3v) is 2.06. The van der Waals surface area contributed by atoms with E-state index < -0.39 is 0 Å². The van der Waals surface area contributed by atoms with E-state index in [0.717, 1.165) is 10.6 Å². The molecule has 2 rings (SSSR count). The van der Waals surface area contributed by atoms with Gasteiger partial charge < -0.3 is 0 Å². The predicted molar refractivity (Wildman–Crippen MR) is 40.7 cm³/mol. The molecule has 0 fully saturated rings. The van der Waals surface area contributed by atoms with Gasteiger partial charge in [-0.05, 0) is 17.5 Å². The summed E-state index contributed by atoms with van der Waals surface area (Å²) < 4.78 is 0. The normalized spacial score (nSPS) is 10.0. The second-order valence-corrected chi connectivity index (χ2v) is 2.78. The number of rotatable bonds is 1. The molecular weight excluding hydrogens is 144 g/mol. The van der Waals surface area contributed by atoms with E-state index in [-0.39, 0.29) is 0 Å². The van der Waals surface area contributed by atoms with Crippen LogP contribution in [0.4, 0.5) is 0 Å². The Morgan fingerprint density at radius 3 is 3.20 bits per heavy atom. The summed E-state index contributed by atoms with van der Waals surface area (Å²) in [6, 6.07) is 6.92. The van der Waals surface area contributed by atoms with E-state index in [1.807, 2.05) is 17.5 Å². The van der Waals surface area contributed by atoms with E-state index in [4.69, 9.17) is 0 Å². The molecule has 2 heterocycles. The van der Waals surface area contributed by atoms with Crippen LogP contribution in [0.15, 0.2) is 23.7 Å². The summed E-state index contributed by atoms with van der Waals surface area (Å²) in [6.07, 6.45) is 1.74. The summed E-state index contributed by atoms with van der Waals surface area (Å²) in [6.45, 7) is 0. The van der Waals surface area contributed by atoms with Gasteiger partial charge in [0.25, 0.3) is 0 Å². The first-order valence-corrected chi connectivity index (χ1v) is 3.80. The highest BCUT2D eigenvalue weighted by Gasteiger charge is 1.96. The number of thiophene rings is 1. The number of aromatic nitrogens is 2. The zero-order valence-electron chi connectivity index (χ0n) is 5.16. The second kappa shape index (κ2) is 2.27. The van der Waals surface area contributed by atoms with Crippen LogP contribution in [0.3, 0.4) is 0 Å². The van der Waals surface area contributed by atoms with E-state index in [9.17, 15) is 0 Å². The summed E-state index contributed by atoms with van der Waals surface area (Å²) >= 11 is 1.65. The Kier molecular flexibility index (Phi) is 1.29. The number of aromatic amines is 1. The zero-order chi connectivity index (χ0) is 6.81. The number of nitrogens with one attached hydrogen (secondary N) is 1. The van der Waals surface area contributed by atoms with Crippen LogP contribution in [0.2, 0.25) is 0 Å². The maximum atomic E-state index is 3.84. The van der Waals surface area contributed by atoms with E-state index >= 15 is 0 Å². The first-order valence-electron chi connectivity index (χ1n) is 2.92. The summed E-state index contributed by atoms with van der Waals surface area (Å²) in [5.41, 5.74) is 1.04. The molecule has 2 aromatic rings. The number of nitrogens with zero attached hydrogens (tertiary/aromatic N) is 1. The number of hydrogen-bond acceptors (Lipinski definition) is 2. The standard InChI is InChI=1S/C7H5N2S/c1-2-7(10-5-1)6-3-4-8-9-6/h1,3-5H,(H,8,9). The molecule has 0 spiro atoms. The van der Waals surface area contributed by atoms with Crippen LogP contribution < -0.4 is 0 Å². The van der Waals surface area contributed by atoms with Gasteiger partial charge in [0.15, 0.2) is 0 Å². The molecule has 49 valence electrons. The van der Waals surface area contributed by atoms with Crippen molar-refractivity contribution in [3.63, 3.8) is 0 Å². The molecule has 10 heavy (non-hydrogen) atoms. The van der Waals surface area contributed by atoms with Crippen LogP contribution >= 0.6 is 11.3 Å². The lowest BCUT2D eigenvalue weighted by Gasteiger charge is -1.84. The maximum absolute atomic E-state index is 3.84.